The number of hydrogen-bond donors (Lipinski definition) is 2. The summed E-state index contributed by atoms with van der Waals surface area (Å²) in [7, 11) is 0. The average molecular weight is 247 g/mol. The summed E-state index contributed by atoms with van der Waals surface area (Å²) in [6.45, 7) is 4.21. The summed E-state index contributed by atoms with van der Waals surface area (Å²) in [6, 6.07) is 8.00. The number of para-hydroxylation sites is 1. The summed E-state index contributed by atoms with van der Waals surface area (Å²) in [5.41, 5.74) is 0.851. The highest BCUT2D eigenvalue weighted by Gasteiger charge is 2.18. The number of nitrogens with one attached hydrogen (secondary N) is 1. The number of hydrogen-bond acceptors (Lipinski definition) is 3. The van der Waals surface area contributed by atoms with Crippen molar-refractivity contribution in [3.05, 3.63) is 29.8 Å². The van der Waals surface area contributed by atoms with Crippen LogP contribution in [0.1, 0.15) is 36.5 Å². The van der Waals surface area contributed by atoms with Crippen LogP contribution in [0.3, 0.4) is 0 Å². The molecule has 0 amide bonds. The van der Waals surface area contributed by atoms with Crippen LogP contribution >= 0.6 is 0 Å². The minimum Gasteiger partial charge on any atom is -0.478 e. The molecule has 0 bridgehead atoms. The number of likely N-dealkylation sites (tertiary alicyclic amines) is 1. The van der Waals surface area contributed by atoms with Crippen molar-refractivity contribution in [2.24, 2.45) is 0 Å². The molecule has 0 spiro atoms. The second-order valence-electron chi connectivity index (χ2n) is 4.68. The van der Waals surface area contributed by atoms with Crippen LogP contribution in [0.15, 0.2) is 18.2 Å². The third kappa shape index (κ3) is 3.01. The SMILES string of the molecule is CC(Nc1[c]cccc1C(=O)O)N1CCCCC1. The van der Waals surface area contributed by atoms with Gasteiger partial charge in [-0.25, -0.2) is 4.79 Å². The van der Waals surface area contributed by atoms with E-state index in [1.54, 1.807) is 18.2 Å². The number of anilines is 1. The molecule has 0 aromatic heterocycles. The van der Waals surface area contributed by atoms with E-state index in [4.69, 9.17) is 5.11 Å². The summed E-state index contributed by atoms with van der Waals surface area (Å²) in [4.78, 5) is 13.4. The van der Waals surface area contributed by atoms with Gasteiger partial charge in [0.05, 0.1) is 17.4 Å². The van der Waals surface area contributed by atoms with E-state index < -0.39 is 5.97 Å². The normalized spacial score (nSPS) is 18.3. The zero-order chi connectivity index (χ0) is 13.0. The van der Waals surface area contributed by atoms with Crippen molar-refractivity contribution in [3.8, 4) is 0 Å². The highest BCUT2D eigenvalue weighted by molar-refractivity contribution is 5.94. The van der Waals surface area contributed by atoms with Gasteiger partial charge in [-0.05, 0) is 25.8 Å². The Bertz CT molecular complexity index is 414. The molecule has 97 valence electrons. The van der Waals surface area contributed by atoms with Crippen molar-refractivity contribution < 1.29 is 9.90 Å². The molecule has 4 heteroatoms. The molecule has 1 fully saturated rings. The van der Waals surface area contributed by atoms with Gasteiger partial charge in [-0.1, -0.05) is 18.6 Å². The molecule has 2 N–H and O–H groups in total. The van der Waals surface area contributed by atoms with Crippen LogP contribution in [-0.4, -0.2) is 35.2 Å². The van der Waals surface area contributed by atoms with Crippen molar-refractivity contribution in [1.82, 2.24) is 4.90 Å². The largest absolute Gasteiger partial charge is 0.478 e. The lowest BCUT2D eigenvalue weighted by atomic mass is 10.1. The smallest absolute Gasteiger partial charge is 0.337 e. The fourth-order valence-electron chi connectivity index (χ4n) is 2.34. The quantitative estimate of drug-likeness (QED) is 0.858. The highest BCUT2D eigenvalue weighted by atomic mass is 16.4. The van der Waals surface area contributed by atoms with E-state index in [-0.39, 0.29) is 11.7 Å². The van der Waals surface area contributed by atoms with E-state index in [9.17, 15) is 4.79 Å². The number of carboxylic acid groups (broad SMARTS) is 1. The Morgan fingerprint density at radius 1 is 1.44 bits per heavy atom. The molecule has 1 saturated heterocycles. The van der Waals surface area contributed by atoms with Crippen LogP contribution in [0, 0.1) is 6.07 Å². The van der Waals surface area contributed by atoms with Gasteiger partial charge in [0.2, 0.25) is 0 Å². The molecule has 0 saturated carbocycles. The Hall–Kier alpha value is -1.55. The van der Waals surface area contributed by atoms with Crippen LogP contribution in [0.5, 0.6) is 0 Å². The Balaban J connectivity index is 2.06. The third-order valence-corrected chi connectivity index (χ3v) is 3.38. The van der Waals surface area contributed by atoms with Gasteiger partial charge in [0, 0.05) is 19.2 Å². The Morgan fingerprint density at radius 2 is 2.17 bits per heavy atom. The number of carbonyl (C=O) groups is 1. The van der Waals surface area contributed by atoms with Gasteiger partial charge in [0.1, 0.15) is 0 Å². The molecular weight excluding hydrogens is 228 g/mol. The number of rotatable bonds is 4. The predicted molar refractivity (Wildman–Crippen MR) is 70.7 cm³/mol. The number of carboxylic acids is 1. The summed E-state index contributed by atoms with van der Waals surface area (Å²) < 4.78 is 0. The topological polar surface area (TPSA) is 52.6 Å². The predicted octanol–water partition coefficient (Wildman–Crippen LogP) is 2.43. The lowest BCUT2D eigenvalue weighted by Gasteiger charge is -2.33. The first-order valence-electron chi connectivity index (χ1n) is 6.43. The first kappa shape index (κ1) is 12.9. The van der Waals surface area contributed by atoms with Crippen molar-refractivity contribution >= 4 is 11.7 Å². The maximum atomic E-state index is 11.1. The fraction of sp³-hybridized carbons (Fsp3) is 0.500. The maximum Gasteiger partial charge on any atom is 0.337 e. The fourth-order valence-corrected chi connectivity index (χ4v) is 2.34. The van der Waals surface area contributed by atoms with Gasteiger partial charge < -0.3 is 10.4 Å². The number of aromatic carboxylic acids is 1. The van der Waals surface area contributed by atoms with Crippen molar-refractivity contribution in [2.75, 3.05) is 18.4 Å². The van der Waals surface area contributed by atoms with Gasteiger partial charge in [0.25, 0.3) is 0 Å². The van der Waals surface area contributed by atoms with E-state index in [0.29, 0.717) is 5.69 Å². The highest BCUT2D eigenvalue weighted by Crippen LogP contribution is 2.18. The molecule has 1 aromatic rings. The number of piperidine rings is 1. The molecule has 1 heterocycles. The molecular formula is C14H19N2O2. The summed E-state index contributed by atoms with van der Waals surface area (Å²) in [5, 5.41) is 12.4. The Morgan fingerprint density at radius 3 is 2.83 bits per heavy atom. The third-order valence-electron chi connectivity index (χ3n) is 3.38. The molecule has 2 rings (SSSR count). The second kappa shape index (κ2) is 5.87. The number of nitrogens with zero attached hydrogens (tertiary/aromatic N) is 1. The van der Waals surface area contributed by atoms with Gasteiger partial charge in [-0.2, -0.15) is 0 Å². The van der Waals surface area contributed by atoms with Crippen LogP contribution in [0.25, 0.3) is 0 Å². The van der Waals surface area contributed by atoms with Crippen LogP contribution < -0.4 is 5.32 Å². The Kier molecular flexibility index (Phi) is 4.20. The van der Waals surface area contributed by atoms with E-state index in [2.05, 4.69) is 23.2 Å². The summed E-state index contributed by atoms with van der Waals surface area (Å²) in [6.07, 6.45) is 3.87. The van der Waals surface area contributed by atoms with Crippen molar-refractivity contribution in [1.29, 1.82) is 0 Å². The molecule has 4 nitrogen and oxygen atoms in total. The van der Waals surface area contributed by atoms with Gasteiger partial charge in [-0.3, -0.25) is 4.90 Å². The van der Waals surface area contributed by atoms with Crippen LogP contribution in [-0.2, 0) is 0 Å². The summed E-state index contributed by atoms with van der Waals surface area (Å²) in [5.74, 6) is -0.916. The first-order valence-corrected chi connectivity index (χ1v) is 6.43. The minimum atomic E-state index is -0.916. The monoisotopic (exact) mass is 247 g/mol. The summed E-state index contributed by atoms with van der Waals surface area (Å²) >= 11 is 0. The van der Waals surface area contributed by atoms with Crippen LogP contribution in [0.2, 0.25) is 0 Å². The molecule has 1 aliphatic heterocycles. The number of benzene rings is 1. The minimum absolute atomic E-state index is 0.141. The van der Waals surface area contributed by atoms with E-state index in [1.165, 1.54) is 19.3 Å². The van der Waals surface area contributed by atoms with Crippen molar-refractivity contribution in [2.45, 2.75) is 32.4 Å². The molecule has 1 aliphatic rings. The van der Waals surface area contributed by atoms with E-state index in [1.807, 2.05) is 0 Å². The van der Waals surface area contributed by atoms with Crippen LogP contribution in [0.4, 0.5) is 5.69 Å². The lowest BCUT2D eigenvalue weighted by Crippen LogP contribution is -2.42. The second-order valence-corrected chi connectivity index (χ2v) is 4.68. The molecule has 1 aromatic carbocycles. The average Bonchev–Trinajstić information content (AvgIpc) is 2.40. The molecule has 1 unspecified atom stereocenters. The van der Waals surface area contributed by atoms with E-state index in [0.717, 1.165) is 13.1 Å². The standard InChI is InChI=1S/C14H19N2O2/c1-11(16-9-5-2-6-10-16)15-13-8-4-3-7-12(13)14(17)18/h3-4,7,11,15H,2,5-6,9-10H2,1H3,(H,17,18). The molecule has 0 aliphatic carbocycles. The Labute approximate surface area is 108 Å². The van der Waals surface area contributed by atoms with Gasteiger partial charge >= 0.3 is 5.97 Å². The zero-order valence-electron chi connectivity index (χ0n) is 10.6. The molecule has 1 radical (unpaired) electrons. The van der Waals surface area contributed by atoms with Crippen molar-refractivity contribution in [3.63, 3.8) is 0 Å². The zero-order valence-corrected chi connectivity index (χ0v) is 10.6. The molecule has 1 atom stereocenters. The van der Waals surface area contributed by atoms with Gasteiger partial charge in [0.15, 0.2) is 0 Å². The lowest BCUT2D eigenvalue weighted by molar-refractivity contribution is 0.0697. The molecule has 18 heavy (non-hydrogen) atoms. The first-order chi connectivity index (χ1) is 8.68. The maximum absolute atomic E-state index is 11.1. The van der Waals surface area contributed by atoms with E-state index >= 15 is 0 Å². The van der Waals surface area contributed by atoms with Gasteiger partial charge in [-0.15, -0.1) is 0 Å².